The highest BCUT2D eigenvalue weighted by Gasteiger charge is 2.53. The first-order valence-electron chi connectivity index (χ1n) is 38.5. The molecule has 3 unspecified atom stereocenters. The van der Waals surface area contributed by atoms with Gasteiger partial charge in [-0.3, -0.25) is 57.5 Å². The maximum atomic E-state index is 15.5. The first kappa shape index (κ1) is 84.0. The van der Waals surface area contributed by atoms with Crippen LogP contribution in [0.2, 0.25) is 0 Å². The third kappa shape index (κ3) is 20.5. The van der Waals surface area contributed by atoms with Crippen LogP contribution in [0, 0.1) is 41.4 Å². The smallest absolute Gasteiger partial charge is 0.343 e. The molecule has 0 aromatic carbocycles. The lowest BCUT2D eigenvalue weighted by atomic mass is 9.78. The van der Waals surface area contributed by atoms with Crippen molar-refractivity contribution in [2.75, 3.05) is 75.0 Å². The van der Waals surface area contributed by atoms with Crippen LogP contribution in [0.4, 0.5) is 13.2 Å². The fourth-order valence-electron chi connectivity index (χ4n) is 17.1. The summed E-state index contributed by atoms with van der Waals surface area (Å²) >= 11 is 6.42. The molecule has 0 aromatic heterocycles. The van der Waals surface area contributed by atoms with Crippen molar-refractivity contribution in [3.63, 3.8) is 0 Å². The molecule has 4 saturated heterocycles. The Balaban J connectivity index is 1.30. The van der Waals surface area contributed by atoms with Gasteiger partial charge in [0.05, 0.1) is 18.9 Å². The van der Waals surface area contributed by atoms with E-state index in [-0.39, 0.29) is 114 Å². The molecule has 13 atom stereocenters. The molecular formula is C75H122ClF3N12O12. The third-order valence-corrected chi connectivity index (χ3v) is 24.3. The average molecular weight is 1480 g/mol. The van der Waals surface area contributed by atoms with Crippen molar-refractivity contribution < 1.29 is 70.7 Å². The normalized spacial score (nSPS) is 30.5. The van der Waals surface area contributed by atoms with E-state index in [1.807, 2.05) is 34.6 Å². The molecule has 4 heterocycles. The summed E-state index contributed by atoms with van der Waals surface area (Å²) < 4.78 is 42.1. The Morgan fingerprint density at radius 1 is 0.563 bits per heavy atom. The predicted molar refractivity (Wildman–Crippen MR) is 384 cm³/mol. The fraction of sp³-hybridized carbons (Fsp3) is 0.840. The zero-order chi connectivity index (χ0) is 76.3. The topological polar surface area (TPSA) is 270 Å². The van der Waals surface area contributed by atoms with Crippen LogP contribution < -0.4 is 16.0 Å². The molecule has 3 aliphatic carbocycles. The number of likely N-dealkylation sites (N-methyl/N-ethyl adjacent to an activating group) is 6. The van der Waals surface area contributed by atoms with Crippen LogP contribution in [0.1, 0.15) is 216 Å². The minimum Gasteiger partial charge on any atom is -0.343 e. The minimum absolute atomic E-state index is 0.000549. The van der Waals surface area contributed by atoms with E-state index in [2.05, 4.69) is 16.0 Å². The Morgan fingerprint density at radius 2 is 1.17 bits per heavy atom. The number of fused-ring (bicyclic) bond motifs is 2. The summed E-state index contributed by atoms with van der Waals surface area (Å²) in [6.45, 7) is 15.1. The van der Waals surface area contributed by atoms with Crippen molar-refractivity contribution >= 4 is 82.5 Å². The van der Waals surface area contributed by atoms with Gasteiger partial charge in [-0.05, 0) is 138 Å². The molecule has 0 bridgehead atoms. The van der Waals surface area contributed by atoms with E-state index in [0.29, 0.717) is 51.6 Å². The molecular weight excluding hydrogens is 1350 g/mol. The number of nitrogens with one attached hydrogen (secondary N) is 3. The van der Waals surface area contributed by atoms with Crippen molar-refractivity contribution in [1.82, 2.24) is 60.0 Å². The largest absolute Gasteiger partial charge is 0.393 e. The number of amides is 12. The number of carbonyl (C=O) groups is 12. The van der Waals surface area contributed by atoms with Gasteiger partial charge in [-0.1, -0.05) is 107 Å². The van der Waals surface area contributed by atoms with Crippen LogP contribution in [0.5, 0.6) is 0 Å². The lowest BCUT2D eigenvalue weighted by Gasteiger charge is -2.46. The molecule has 24 nitrogen and oxygen atoms in total. The number of alkyl halides is 4. The van der Waals surface area contributed by atoms with Crippen molar-refractivity contribution in [3.05, 3.63) is 0 Å². The molecule has 28 heteroatoms. The van der Waals surface area contributed by atoms with Crippen molar-refractivity contribution in [1.29, 1.82) is 0 Å². The van der Waals surface area contributed by atoms with Crippen LogP contribution in [0.3, 0.4) is 0 Å². The van der Waals surface area contributed by atoms with Gasteiger partial charge in [0, 0.05) is 73.8 Å². The Morgan fingerprint density at radius 3 is 1.74 bits per heavy atom. The first-order valence-corrected chi connectivity index (χ1v) is 39.0. The summed E-state index contributed by atoms with van der Waals surface area (Å²) in [7, 11) is 8.78. The number of halogens is 4. The molecule has 3 saturated carbocycles. The maximum absolute atomic E-state index is 15.5. The average Bonchev–Trinajstić information content (AvgIpc) is 1.76. The Hall–Kier alpha value is -6.28. The van der Waals surface area contributed by atoms with Crippen LogP contribution >= 0.6 is 11.6 Å². The molecule has 7 fully saturated rings. The molecule has 3 N–H and O–H groups in total. The zero-order valence-corrected chi connectivity index (χ0v) is 64.7. The van der Waals surface area contributed by atoms with Gasteiger partial charge in [-0.2, -0.15) is 13.2 Å². The molecule has 582 valence electrons. The minimum atomic E-state index is -4.51. The van der Waals surface area contributed by atoms with Crippen molar-refractivity contribution in [2.24, 2.45) is 41.4 Å². The molecule has 7 aliphatic rings. The van der Waals surface area contributed by atoms with Crippen LogP contribution in [-0.2, 0) is 57.5 Å². The van der Waals surface area contributed by atoms with Gasteiger partial charge in [0.25, 0.3) is 0 Å². The highest BCUT2D eigenvalue weighted by molar-refractivity contribution is 6.21. The number of hydrogen-bond acceptors (Lipinski definition) is 12. The molecule has 0 radical (unpaired) electrons. The van der Waals surface area contributed by atoms with Crippen LogP contribution in [-0.4, -0.2) is 261 Å². The number of nitrogens with zero attached hydrogens (tertiary/aromatic N) is 9. The van der Waals surface area contributed by atoms with E-state index in [1.54, 1.807) is 25.7 Å². The number of piperidine rings is 1. The summed E-state index contributed by atoms with van der Waals surface area (Å²) in [5, 5.41) is 7.69. The van der Waals surface area contributed by atoms with E-state index in [0.717, 1.165) is 38.5 Å². The second kappa shape index (κ2) is 36.8. The van der Waals surface area contributed by atoms with Gasteiger partial charge in [0.2, 0.25) is 70.9 Å². The third-order valence-electron chi connectivity index (χ3n) is 23.8. The molecule has 103 heavy (non-hydrogen) atoms. The van der Waals surface area contributed by atoms with Crippen molar-refractivity contribution in [3.8, 4) is 0 Å². The lowest BCUT2D eigenvalue weighted by Crippen LogP contribution is -2.65. The quantitative estimate of drug-likeness (QED) is 0.156. The monoisotopic (exact) mass is 1470 g/mol. The Labute approximate surface area is 614 Å². The number of carbonyl (C=O) groups excluding carboxylic acids is 12. The van der Waals surface area contributed by atoms with Crippen LogP contribution in [0.15, 0.2) is 0 Å². The van der Waals surface area contributed by atoms with Crippen molar-refractivity contribution in [2.45, 2.75) is 287 Å². The SMILES string of the molecule is CC[C@H](C)[C@@H]1NC(=O)[C@H](CC(C)C)N(C)C(=O)C[C@@H](C(=O)N2CCCCC2)N(C)C(=O)[C@H](C(C)C)N(C)C(=O)C2(CCCC2)NC(=O)[C@@H]2CCCN2C(=O)[C@H](CCC2CCC(C(F)(F)F)C(Cl)C2)NC(=O)CN(C)C(=O)[C@H](CC2CCCCC2)N(C)C(=O)[C@@H]2CCN2C(=O)[C@H](CC(C)C)N(C)C1=O. The van der Waals surface area contributed by atoms with Gasteiger partial charge in [-0.25, -0.2) is 0 Å². The molecule has 12 amide bonds. The zero-order valence-electron chi connectivity index (χ0n) is 64.0. The van der Waals surface area contributed by atoms with Gasteiger partial charge in [-0.15, -0.1) is 11.6 Å². The first-order chi connectivity index (χ1) is 48.4. The number of hydrogen-bond donors (Lipinski definition) is 3. The highest BCUT2D eigenvalue weighted by atomic mass is 35.5. The van der Waals surface area contributed by atoms with Gasteiger partial charge < -0.3 is 60.0 Å². The van der Waals surface area contributed by atoms with E-state index in [1.165, 1.54) is 81.5 Å². The van der Waals surface area contributed by atoms with E-state index in [9.17, 15) is 18.0 Å². The van der Waals surface area contributed by atoms with Crippen LogP contribution in [0.25, 0.3) is 0 Å². The number of rotatable bonds is 13. The summed E-state index contributed by atoms with van der Waals surface area (Å²) in [5.41, 5.74) is -1.57. The van der Waals surface area contributed by atoms with Gasteiger partial charge in [0.15, 0.2) is 0 Å². The van der Waals surface area contributed by atoms with E-state index >= 15 is 52.7 Å². The van der Waals surface area contributed by atoms with Gasteiger partial charge in [0.1, 0.15) is 59.9 Å². The Bertz CT molecular complexity index is 3010. The maximum Gasteiger partial charge on any atom is 0.393 e. The molecule has 4 aliphatic heterocycles. The second-order valence-electron chi connectivity index (χ2n) is 32.5. The second-order valence-corrected chi connectivity index (χ2v) is 33.1. The number of likely N-dealkylation sites (tertiary alicyclic amines) is 1. The summed E-state index contributed by atoms with van der Waals surface area (Å²) in [4.78, 5) is 194. The Kier molecular flexibility index (Phi) is 30.0. The van der Waals surface area contributed by atoms with E-state index < -0.39 is 173 Å². The molecule has 1 spiro atoms. The lowest BCUT2D eigenvalue weighted by molar-refractivity contribution is -0.182. The summed E-state index contributed by atoms with van der Waals surface area (Å²) in [6.07, 6.45) is 4.75. The summed E-state index contributed by atoms with van der Waals surface area (Å²) in [6, 6.07) is -10.8. The molecule has 0 aromatic rings. The summed E-state index contributed by atoms with van der Waals surface area (Å²) in [5.74, 6) is -10.7. The van der Waals surface area contributed by atoms with E-state index in [4.69, 9.17) is 11.6 Å². The van der Waals surface area contributed by atoms with Gasteiger partial charge >= 0.3 is 6.18 Å². The molecule has 7 rings (SSSR count). The fourth-order valence-corrected chi connectivity index (χ4v) is 17.6. The predicted octanol–water partition coefficient (Wildman–Crippen LogP) is 7.12. The highest BCUT2D eigenvalue weighted by Crippen LogP contribution is 2.44. The standard InChI is InChI=1S/C75H122ClF3N12O12/c1-15-48(8)62-71(101)86(12)57(40-46(4)5)70(100)91-38-32-55(91)68(98)85(11)58(42-49-25-18-16-19-26-49)67(97)83(9)44-60(92)80-53(31-29-50-28-30-51(52(76)41-50)75(77,78)79)66(96)90-37-24-27-54(90)65(95)82-74(33-20-21-34-74)73(103)88(14)63(47(6)7)72(102)87(13)59(69(99)89-35-22-17-23-36-89)43-61(93)84(10)56(39-45(2)3)64(94)81-62/h45-59,62-63H,15-44H2,1-14H3,(H,80,92)(H,81,94)(H,82,95)/t48-,50?,51?,52?,53-,54-,55-,56-,57-,58-,59-,62-,63-/m0/s1.